The van der Waals surface area contributed by atoms with Gasteiger partial charge < -0.3 is 4.74 Å². The number of Topliss-reactive ketones (excluding diaryl/α,β-unsaturated/α-hetero) is 1. The summed E-state index contributed by atoms with van der Waals surface area (Å²) in [4.78, 5) is 17.0. The largest absolute Gasteiger partial charge is 0.475 e. The van der Waals surface area contributed by atoms with E-state index in [0.717, 1.165) is 28.8 Å². The molecule has 0 aliphatic heterocycles. The molecular formula is C24H26F5N5O2. The molecule has 1 aliphatic rings. The van der Waals surface area contributed by atoms with Crippen molar-refractivity contribution in [2.24, 2.45) is 7.05 Å². The van der Waals surface area contributed by atoms with Gasteiger partial charge in [0.1, 0.15) is 19.1 Å². The number of carbonyl (C=O) groups is 1. The van der Waals surface area contributed by atoms with Crippen molar-refractivity contribution in [1.82, 2.24) is 25.0 Å². The summed E-state index contributed by atoms with van der Waals surface area (Å²) in [6.07, 6.45) is -0.621. The number of pyridine rings is 1. The van der Waals surface area contributed by atoms with Gasteiger partial charge in [-0.25, -0.2) is 9.37 Å². The molecule has 194 valence electrons. The average molecular weight is 511 g/mol. The Kier molecular flexibility index (Phi) is 8.36. The van der Waals surface area contributed by atoms with Crippen LogP contribution in [0.2, 0.25) is 0 Å². The van der Waals surface area contributed by atoms with Gasteiger partial charge in [0.15, 0.2) is 5.69 Å². The van der Waals surface area contributed by atoms with Crippen molar-refractivity contribution in [2.45, 2.75) is 51.1 Å². The third-order valence-electron chi connectivity index (χ3n) is 5.65. The highest BCUT2D eigenvalue weighted by Gasteiger charge is 2.38. The second-order valence-electron chi connectivity index (χ2n) is 8.70. The predicted octanol–water partition coefficient (Wildman–Crippen LogP) is 4.72. The first kappa shape index (κ1) is 27.2. The van der Waals surface area contributed by atoms with E-state index in [-0.39, 0.29) is 41.2 Å². The molecule has 1 saturated carbocycles. The summed E-state index contributed by atoms with van der Waals surface area (Å²) in [7, 11) is 1.41. The van der Waals surface area contributed by atoms with Crippen LogP contribution in [0, 0.1) is 6.92 Å². The summed E-state index contributed by atoms with van der Waals surface area (Å²) in [5.74, 6) is 0.636. The molecular weight excluding hydrogens is 485 g/mol. The normalized spacial score (nSPS) is 13.4. The second-order valence-corrected chi connectivity index (χ2v) is 8.70. The van der Waals surface area contributed by atoms with Crippen molar-refractivity contribution in [3.05, 3.63) is 52.6 Å². The predicted molar refractivity (Wildman–Crippen MR) is 121 cm³/mol. The first-order valence-corrected chi connectivity index (χ1v) is 11.3. The Morgan fingerprint density at radius 2 is 1.94 bits per heavy atom. The van der Waals surface area contributed by atoms with E-state index < -0.39 is 18.5 Å². The maximum absolute atomic E-state index is 13.3. The van der Waals surface area contributed by atoms with E-state index in [9.17, 15) is 22.4 Å². The Morgan fingerprint density at radius 3 is 2.58 bits per heavy atom. The lowest BCUT2D eigenvalue weighted by molar-refractivity contribution is -0.141. The van der Waals surface area contributed by atoms with Crippen molar-refractivity contribution in [3.63, 3.8) is 0 Å². The fourth-order valence-electron chi connectivity index (χ4n) is 3.87. The highest BCUT2D eigenvalue weighted by atomic mass is 19.4. The maximum Gasteiger partial charge on any atom is 0.435 e. The molecule has 0 spiro atoms. The smallest absolute Gasteiger partial charge is 0.435 e. The fourth-order valence-corrected chi connectivity index (χ4v) is 3.87. The molecule has 4 rings (SSSR count). The van der Waals surface area contributed by atoms with Gasteiger partial charge in [-0.05, 0) is 49.4 Å². The van der Waals surface area contributed by atoms with Gasteiger partial charge in [0.05, 0.1) is 17.0 Å². The Hall–Kier alpha value is -3.44. The molecule has 1 aliphatic carbocycles. The fraction of sp³-hybridized carbons (Fsp3) is 0.458. The van der Waals surface area contributed by atoms with E-state index in [0.29, 0.717) is 29.5 Å². The van der Waals surface area contributed by atoms with Crippen molar-refractivity contribution in [3.8, 4) is 17.1 Å². The molecule has 0 N–H and O–H groups in total. The zero-order valence-corrected chi connectivity index (χ0v) is 19.8. The van der Waals surface area contributed by atoms with Crippen LogP contribution in [-0.4, -0.2) is 44.0 Å². The summed E-state index contributed by atoms with van der Waals surface area (Å²) in [6, 6.07) is 5.19. The van der Waals surface area contributed by atoms with Gasteiger partial charge in [0.2, 0.25) is 5.88 Å². The SMILES string of the molecule is Cc1cc(CCC(=O)Cc2cc(OCCF)nc(C3CC3)c2)nnc1-c1cn(C)nc1C(F)(F)F.F. The van der Waals surface area contributed by atoms with Gasteiger partial charge in [0.25, 0.3) is 0 Å². The van der Waals surface area contributed by atoms with Gasteiger partial charge >= 0.3 is 6.18 Å². The number of rotatable bonds is 10. The highest BCUT2D eigenvalue weighted by Crippen LogP contribution is 2.40. The molecule has 0 amide bonds. The minimum atomic E-state index is -4.61. The van der Waals surface area contributed by atoms with Gasteiger partial charge in [-0.3, -0.25) is 14.2 Å². The van der Waals surface area contributed by atoms with Crippen LogP contribution in [0.25, 0.3) is 11.3 Å². The van der Waals surface area contributed by atoms with Crippen LogP contribution in [0.1, 0.15) is 53.4 Å². The number of nitrogens with zero attached hydrogens (tertiary/aromatic N) is 5. The summed E-state index contributed by atoms with van der Waals surface area (Å²) >= 11 is 0. The van der Waals surface area contributed by atoms with Crippen molar-refractivity contribution in [1.29, 1.82) is 0 Å². The lowest BCUT2D eigenvalue weighted by atomic mass is 10.0. The summed E-state index contributed by atoms with van der Waals surface area (Å²) in [6.45, 7) is 0.936. The number of hydrogen-bond acceptors (Lipinski definition) is 6. The van der Waals surface area contributed by atoms with Crippen LogP contribution in [0.4, 0.5) is 22.3 Å². The summed E-state index contributed by atoms with van der Waals surface area (Å²) in [5, 5.41) is 11.6. The van der Waals surface area contributed by atoms with Gasteiger partial charge in [-0.1, -0.05) is 0 Å². The van der Waals surface area contributed by atoms with E-state index in [4.69, 9.17) is 4.74 Å². The molecule has 0 saturated heterocycles. The monoisotopic (exact) mass is 511 g/mol. The third kappa shape index (κ3) is 6.61. The van der Waals surface area contributed by atoms with E-state index in [1.807, 2.05) is 6.07 Å². The molecule has 1 fully saturated rings. The van der Waals surface area contributed by atoms with Crippen LogP contribution in [0.3, 0.4) is 0 Å². The summed E-state index contributed by atoms with van der Waals surface area (Å²) in [5.41, 5.74) is 1.59. The van der Waals surface area contributed by atoms with Crippen molar-refractivity contribution >= 4 is 5.78 Å². The van der Waals surface area contributed by atoms with E-state index in [2.05, 4.69) is 20.3 Å². The standard InChI is InChI=1S/C24H25F4N5O2.FH/c1-14-9-17(30-31-22(14)19-13-33(2)32-23(19)24(26,27)28)5-6-18(34)10-15-11-20(16-3-4-16)29-21(12-15)35-8-7-25;/h9,11-13,16H,3-8,10H2,1-2H3;1H. The Bertz CT molecular complexity index is 1220. The van der Waals surface area contributed by atoms with Crippen molar-refractivity contribution < 1.29 is 31.8 Å². The first-order valence-electron chi connectivity index (χ1n) is 11.3. The summed E-state index contributed by atoms with van der Waals surface area (Å²) < 4.78 is 58.8. The minimum Gasteiger partial charge on any atom is -0.475 e. The Balaban J connectivity index is 0.00000361. The molecule has 7 nitrogen and oxygen atoms in total. The number of halogens is 5. The quantitative estimate of drug-likeness (QED) is 0.367. The van der Waals surface area contributed by atoms with E-state index >= 15 is 0 Å². The number of aryl methyl sites for hydroxylation is 3. The van der Waals surface area contributed by atoms with E-state index in [1.165, 1.54) is 13.2 Å². The number of alkyl halides is 4. The topological polar surface area (TPSA) is 82.8 Å². The lowest BCUT2D eigenvalue weighted by Gasteiger charge is -2.10. The Morgan fingerprint density at radius 1 is 1.19 bits per heavy atom. The van der Waals surface area contributed by atoms with Crippen LogP contribution < -0.4 is 4.74 Å². The molecule has 0 unspecified atom stereocenters. The van der Waals surface area contributed by atoms with Crippen LogP contribution in [-0.2, 0) is 30.9 Å². The first-order chi connectivity index (χ1) is 16.6. The zero-order valence-electron chi connectivity index (χ0n) is 19.8. The molecule has 0 radical (unpaired) electrons. The molecule has 0 aromatic carbocycles. The van der Waals surface area contributed by atoms with Crippen LogP contribution in [0.15, 0.2) is 24.4 Å². The molecule has 3 aromatic rings. The lowest BCUT2D eigenvalue weighted by Crippen LogP contribution is -2.10. The Labute approximate surface area is 204 Å². The van der Waals surface area contributed by atoms with Gasteiger partial charge in [-0.15, -0.1) is 5.10 Å². The second kappa shape index (κ2) is 11.1. The highest BCUT2D eigenvalue weighted by molar-refractivity contribution is 5.81. The number of ether oxygens (including phenoxy) is 1. The zero-order chi connectivity index (χ0) is 25.2. The van der Waals surface area contributed by atoms with Gasteiger partial charge in [-0.2, -0.15) is 23.4 Å². The molecule has 36 heavy (non-hydrogen) atoms. The van der Waals surface area contributed by atoms with Crippen LogP contribution >= 0.6 is 0 Å². The number of ketones is 1. The number of aromatic nitrogens is 5. The molecule has 12 heteroatoms. The molecule has 3 heterocycles. The van der Waals surface area contributed by atoms with E-state index in [1.54, 1.807) is 19.1 Å². The molecule has 0 bridgehead atoms. The minimum absolute atomic E-state index is 0. The molecule has 0 atom stereocenters. The number of carbonyl (C=O) groups excluding carboxylic acids is 1. The average Bonchev–Trinajstić information content (AvgIpc) is 3.57. The number of hydrogen-bond donors (Lipinski definition) is 0. The maximum atomic E-state index is 13.3. The van der Waals surface area contributed by atoms with Crippen LogP contribution in [0.5, 0.6) is 5.88 Å². The molecule has 3 aromatic heterocycles. The third-order valence-corrected chi connectivity index (χ3v) is 5.65. The van der Waals surface area contributed by atoms with Gasteiger partial charge in [0, 0.05) is 43.8 Å². The van der Waals surface area contributed by atoms with Crippen molar-refractivity contribution in [2.75, 3.05) is 13.3 Å².